The number of piperazine rings is 1. The lowest BCUT2D eigenvalue weighted by Crippen LogP contribution is -2.48. The lowest BCUT2D eigenvalue weighted by atomic mass is 10.1. The maximum Gasteiger partial charge on any atom is 0.243 e. The van der Waals surface area contributed by atoms with Gasteiger partial charge in [-0.3, -0.25) is 9.88 Å². The molecule has 1 fully saturated rings. The molecule has 1 saturated heterocycles. The van der Waals surface area contributed by atoms with Gasteiger partial charge in [0.15, 0.2) is 0 Å². The topological polar surface area (TPSA) is 53.5 Å². The molecule has 0 N–H and O–H groups in total. The van der Waals surface area contributed by atoms with Gasteiger partial charge >= 0.3 is 0 Å². The van der Waals surface area contributed by atoms with E-state index in [0.717, 1.165) is 16.5 Å². The Hall–Kier alpha value is -2.35. The highest BCUT2D eigenvalue weighted by molar-refractivity contribution is 7.89. The molecule has 0 aliphatic carbocycles. The van der Waals surface area contributed by atoms with E-state index in [-0.39, 0.29) is 5.82 Å². The average Bonchev–Trinajstić information content (AvgIpc) is 2.69. The van der Waals surface area contributed by atoms with E-state index in [2.05, 4.69) is 9.88 Å². The Morgan fingerprint density at radius 2 is 1.70 bits per heavy atom. The molecule has 2 heterocycles. The van der Waals surface area contributed by atoms with E-state index in [1.54, 1.807) is 42.6 Å². The van der Waals surface area contributed by atoms with Crippen molar-refractivity contribution < 1.29 is 12.8 Å². The predicted molar refractivity (Wildman–Crippen MR) is 102 cm³/mol. The molecule has 0 saturated carbocycles. The molecule has 3 aromatic rings. The summed E-state index contributed by atoms with van der Waals surface area (Å²) in [7, 11) is -3.47. The first-order valence-corrected chi connectivity index (χ1v) is 10.3. The fraction of sp³-hybridized carbons (Fsp3) is 0.250. The number of fused-ring (bicyclic) bond motifs is 1. The molecule has 0 radical (unpaired) electrons. The third-order valence-electron chi connectivity index (χ3n) is 4.85. The second-order valence-corrected chi connectivity index (χ2v) is 8.57. The maximum atomic E-state index is 13.9. The van der Waals surface area contributed by atoms with Crippen LogP contribution in [0.2, 0.25) is 0 Å². The summed E-state index contributed by atoms with van der Waals surface area (Å²) in [4.78, 5) is 6.84. The molecule has 27 heavy (non-hydrogen) atoms. The molecule has 1 aromatic heterocycles. The highest BCUT2D eigenvalue weighted by Crippen LogP contribution is 2.22. The average molecular weight is 385 g/mol. The van der Waals surface area contributed by atoms with Gasteiger partial charge in [0.1, 0.15) is 5.82 Å². The molecule has 0 unspecified atom stereocenters. The summed E-state index contributed by atoms with van der Waals surface area (Å²) in [5.74, 6) is -0.282. The Kier molecular flexibility index (Phi) is 4.90. The van der Waals surface area contributed by atoms with Gasteiger partial charge in [0.2, 0.25) is 10.0 Å². The van der Waals surface area contributed by atoms with Gasteiger partial charge < -0.3 is 0 Å². The highest BCUT2D eigenvalue weighted by Gasteiger charge is 2.28. The lowest BCUT2D eigenvalue weighted by molar-refractivity contribution is 0.182. The van der Waals surface area contributed by atoms with E-state index in [1.807, 2.05) is 6.07 Å². The first-order chi connectivity index (χ1) is 13.0. The van der Waals surface area contributed by atoms with E-state index < -0.39 is 10.0 Å². The van der Waals surface area contributed by atoms with Gasteiger partial charge in [-0.15, -0.1) is 0 Å². The summed E-state index contributed by atoms with van der Waals surface area (Å²) in [6.07, 6.45) is 1.70. The molecule has 1 aliphatic heterocycles. The Labute approximate surface area is 158 Å². The van der Waals surface area contributed by atoms with Crippen LogP contribution in [0.25, 0.3) is 10.9 Å². The Balaban J connectivity index is 1.48. The summed E-state index contributed by atoms with van der Waals surface area (Å²) >= 11 is 0. The number of hydrogen-bond donors (Lipinski definition) is 0. The summed E-state index contributed by atoms with van der Waals surface area (Å²) in [6.45, 7) is 2.56. The third-order valence-corrected chi connectivity index (χ3v) is 6.77. The maximum absolute atomic E-state index is 13.9. The molecule has 5 nitrogen and oxygen atoms in total. The van der Waals surface area contributed by atoms with Gasteiger partial charge in [-0.25, -0.2) is 12.8 Å². The molecular weight excluding hydrogens is 365 g/mol. The van der Waals surface area contributed by atoms with Crippen molar-refractivity contribution in [2.24, 2.45) is 0 Å². The van der Waals surface area contributed by atoms with Crippen LogP contribution >= 0.6 is 0 Å². The van der Waals surface area contributed by atoms with Gasteiger partial charge in [0, 0.05) is 44.3 Å². The second kappa shape index (κ2) is 7.34. The molecule has 4 rings (SSSR count). The van der Waals surface area contributed by atoms with E-state index >= 15 is 0 Å². The predicted octanol–water partition coefficient (Wildman–Crippen LogP) is 2.88. The zero-order valence-corrected chi connectivity index (χ0v) is 15.6. The smallest absolute Gasteiger partial charge is 0.243 e. The van der Waals surface area contributed by atoms with Crippen LogP contribution in [0, 0.1) is 5.82 Å². The van der Waals surface area contributed by atoms with Crippen molar-refractivity contribution in [2.45, 2.75) is 11.4 Å². The Bertz CT molecular complexity index is 1050. The zero-order chi connectivity index (χ0) is 18.9. The molecule has 0 spiro atoms. The molecule has 140 valence electrons. The van der Waals surface area contributed by atoms with Crippen molar-refractivity contribution in [2.75, 3.05) is 26.2 Å². The number of halogens is 1. The minimum Gasteiger partial charge on any atom is -0.296 e. The SMILES string of the molecule is O=S(=O)(c1ccccc1)N1CCN(Cc2cc(F)cc3cccnc23)CC1. The lowest BCUT2D eigenvalue weighted by Gasteiger charge is -2.34. The van der Waals surface area contributed by atoms with Crippen molar-refractivity contribution >= 4 is 20.9 Å². The minimum atomic E-state index is -3.47. The van der Waals surface area contributed by atoms with Crippen LogP contribution < -0.4 is 0 Å². The summed E-state index contributed by atoms with van der Waals surface area (Å²) < 4.78 is 40.9. The van der Waals surface area contributed by atoms with E-state index in [9.17, 15) is 12.8 Å². The number of sulfonamides is 1. The fourth-order valence-electron chi connectivity index (χ4n) is 3.46. The van der Waals surface area contributed by atoms with Gasteiger partial charge in [-0.2, -0.15) is 4.31 Å². The first-order valence-electron chi connectivity index (χ1n) is 8.85. The summed E-state index contributed by atoms with van der Waals surface area (Å²) in [5, 5.41) is 0.776. The monoisotopic (exact) mass is 385 g/mol. The standard InChI is InChI=1S/C20H20FN3O2S/c21-18-13-16-5-4-8-22-20(16)17(14-18)15-23-9-11-24(12-10-23)27(25,26)19-6-2-1-3-7-19/h1-8,13-14H,9-12,15H2. The Morgan fingerprint density at radius 3 is 2.44 bits per heavy atom. The quantitative estimate of drug-likeness (QED) is 0.693. The number of hydrogen-bond acceptors (Lipinski definition) is 4. The first kappa shape index (κ1) is 18.0. The molecule has 0 amide bonds. The fourth-order valence-corrected chi connectivity index (χ4v) is 4.90. The molecule has 0 bridgehead atoms. The van der Waals surface area contributed by atoms with Gasteiger partial charge in [-0.1, -0.05) is 24.3 Å². The zero-order valence-electron chi connectivity index (χ0n) is 14.8. The highest BCUT2D eigenvalue weighted by atomic mass is 32.2. The normalized spacial score (nSPS) is 16.6. The van der Waals surface area contributed by atoms with Crippen LogP contribution in [0.3, 0.4) is 0 Å². The Morgan fingerprint density at radius 1 is 0.963 bits per heavy atom. The summed E-state index contributed by atoms with van der Waals surface area (Å²) in [6, 6.07) is 15.1. The second-order valence-electron chi connectivity index (χ2n) is 6.63. The van der Waals surface area contributed by atoms with Crippen molar-refractivity contribution in [3.05, 3.63) is 72.2 Å². The molecule has 2 aromatic carbocycles. The van der Waals surface area contributed by atoms with Gasteiger partial charge in [-0.05, 0) is 35.9 Å². The van der Waals surface area contributed by atoms with Crippen LogP contribution in [0.1, 0.15) is 5.56 Å². The van der Waals surface area contributed by atoms with Crippen LogP contribution in [0.15, 0.2) is 65.7 Å². The van der Waals surface area contributed by atoms with E-state index in [4.69, 9.17) is 0 Å². The molecule has 7 heteroatoms. The van der Waals surface area contributed by atoms with Crippen molar-refractivity contribution in [3.63, 3.8) is 0 Å². The number of benzene rings is 2. The van der Waals surface area contributed by atoms with Gasteiger partial charge in [0.25, 0.3) is 0 Å². The molecule has 0 atom stereocenters. The van der Waals surface area contributed by atoms with Crippen molar-refractivity contribution in [1.29, 1.82) is 0 Å². The number of pyridine rings is 1. The van der Waals surface area contributed by atoms with E-state index in [1.165, 1.54) is 16.4 Å². The van der Waals surface area contributed by atoms with Crippen LogP contribution in [0.5, 0.6) is 0 Å². The largest absolute Gasteiger partial charge is 0.296 e. The minimum absolute atomic E-state index is 0.282. The van der Waals surface area contributed by atoms with Crippen LogP contribution in [0.4, 0.5) is 4.39 Å². The molecule has 1 aliphatic rings. The van der Waals surface area contributed by atoms with Gasteiger partial charge in [0.05, 0.1) is 10.4 Å². The number of rotatable bonds is 4. The van der Waals surface area contributed by atoms with Crippen LogP contribution in [-0.4, -0.2) is 48.8 Å². The van der Waals surface area contributed by atoms with Crippen molar-refractivity contribution in [3.8, 4) is 0 Å². The number of nitrogens with zero attached hydrogens (tertiary/aromatic N) is 3. The molecular formula is C20H20FN3O2S. The number of aromatic nitrogens is 1. The summed E-state index contributed by atoms with van der Waals surface area (Å²) in [5.41, 5.74) is 1.61. The third kappa shape index (κ3) is 3.71. The van der Waals surface area contributed by atoms with E-state index in [0.29, 0.717) is 37.6 Å². The van der Waals surface area contributed by atoms with Crippen LogP contribution in [-0.2, 0) is 16.6 Å². The van der Waals surface area contributed by atoms with Crippen molar-refractivity contribution in [1.82, 2.24) is 14.2 Å².